The lowest BCUT2D eigenvalue weighted by molar-refractivity contribution is -0.00312. The van der Waals surface area contributed by atoms with E-state index in [1.165, 1.54) is 51.4 Å². The van der Waals surface area contributed by atoms with Gasteiger partial charge in [0.2, 0.25) is 0 Å². The summed E-state index contributed by atoms with van der Waals surface area (Å²) in [4.78, 5) is 0. The lowest BCUT2D eigenvalue weighted by atomic mass is 9.86. The van der Waals surface area contributed by atoms with E-state index in [0.717, 1.165) is 50.6 Å². The van der Waals surface area contributed by atoms with E-state index < -0.39 is 0 Å². The Morgan fingerprint density at radius 1 is 1.00 bits per heavy atom. The molecule has 1 heterocycles. The second kappa shape index (κ2) is 10.2. The number of piperidine rings is 1. The van der Waals surface area contributed by atoms with Crippen LogP contribution in [-0.2, 0) is 9.47 Å². The van der Waals surface area contributed by atoms with E-state index in [2.05, 4.69) is 23.5 Å². The van der Waals surface area contributed by atoms with Gasteiger partial charge in [-0.05, 0) is 63.3 Å². The summed E-state index contributed by atoms with van der Waals surface area (Å²) < 4.78 is 12.1. The Bertz CT molecular complexity index is 406. The Hall–Kier alpha value is -0.800. The van der Waals surface area contributed by atoms with Crippen LogP contribution in [0.1, 0.15) is 70.6 Å². The summed E-state index contributed by atoms with van der Waals surface area (Å²) in [5.41, 5.74) is 0. The van der Waals surface area contributed by atoms with Crippen molar-refractivity contribution >= 4 is 0 Å². The van der Waals surface area contributed by atoms with Crippen LogP contribution in [0.4, 0.5) is 0 Å². The number of hydrogen-bond acceptors (Lipinski definition) is 3. The highest BCUT2D eigenvalue weighted by Crippen LogP contribution is 2.27. The molecule has 0 aromatic carbocycles. The summed E-state index contributed by atoms with van der Waals surface area (Å²) in [6.45, 7) is 3.04. The molecule has 3 aliphatic rings. The molecule has 1 saturated heterocycles. The molecule has 136 valence electrons. The standard InChI is InChI=1S/C21H35NO2/c1-2-6-18(7-3-1)8-4-5-17-23-19-9-11-20(12-10-19)24-21-13-15-22-16-14-21/h9-11,18,20-22H,1-8,12-17H2. The zero-order chi connectivity index (χ0) is 16.5. The van der Waals surface area contributed by atoms with Gasteiger partial charge in [-0.3, -0.25) is 0 Å². The van der Waals surface area contributed by atoms with Gasteiger partial charge >= 0.3 is 0 Å². The SMILES string of the molecule is C1=CC(OC2CCNCC2)CC=C1OCCCCC1CCCCC1. The van der Waals surface area contributed by atoms with Crippen molar-refractivity contribution in [3.05, 3.63) is 24.0 Å². The predicted octanol–water partition coefficient (Wildman–Crippen LogP) is 4.73. The van der Waals surface area contributed by atoms with Crippen LogP contribution in [0.2, 0.25) is 0 Å². The van der Waals surface area contributed by atoms with Crippen LogP contribution >= 0.6 is 0 Å². The van der Waals surface area contributed by atoms with Crippen molar-refractivity contribution in [3.63, 3.8) is 0 Å². The number of unbranched alkanes of at least 4 members (excludes halogenated alkanes) is 1. The minimum absolute atomic E-state index is 0.242. The number of hydrogen-bond donors (Lipinski definition) is 1. The lowest BCUT2D eigenvalue weighted by Crippen LogP contribution is -2.34. The smallest absolute Gasteiger partial charge is 0.115 e. The maximum atomic E-state index is 6.16. The van der Waals surface area contributed by atoms with Gasteiger partial charge in [-0.1, -0.05) is 44.6 Å². The lowest BCUT2D eigenvalue weighted by Gasteiger charge is -2.27. The minimum Gasteiger partial charge on any atom is -0.494 e. The van der Waals surface area contributed by atoms with Gasteiger partial charge in [-0.15, -0.1) is 0 Å². The van der Waals surface area contributed by atoms with Gasteiger partial charge in [-0.25, -0.2) is 0 Å². The summed E-state index contributed by atoms with van der Waals surface area (Å²) in [6.07, 6.45) is 21.6. The maximum Gasteiger partial charge on any atom is 0.115 e. The van der Waals surface area contributed by atoms with Crippen LogP contribution in [0.5, 0.6) is 0 Å². The van der Waals surface area contributed by atoms with Gasteiger partial charge < -0.3 is 14.8 Å². The molecule has 0 bridgehead atoms. The molecule has 3 nitrogen and oxygen atoms in total. The molecule has 0 amide bonds. The van der Waals surface area contributed by atoms with E-state index in [0.29, 0.717) is 6.10 Å². The Morgan fingerprint density at radius 2 is 1.83 bits per heavy atom. The molecule has 0 aromatic heterocycles. The number of allylic oxidation sites excluding steroid dienone is 1. The zero-order valence-electron chi connectivity index (χ0n) is 15.2. The summed E-state index contributed by atoms with van der Waals surface area (Å²) in [6, 6.07) is 0. The first kappa shape index (κ1) is 18.0. The van der Waals surface area contributed by atoms with Crippen molar-refractivity contribution < 1.29 is 9.47 Å². The molecule has 2 aliphatic carbocycles. The Kier molecular flexibility index (Phi) is 7.69. The first-order chi connectivity index (χ1) is 11.9. The van der Waals surface area contributed by atoms with E-state index in [4.69, 9.17) is 9.47 Å². The van der Waals surface area contributed by atoms with E-state index in [1.54, 1.807) is 0 Å². The third-order valence-corrected chi connectivity index (χ3v) is 5.68. The molecule has 1 unspecified atom stereocenters. The molecule has 2 fully saturated rings. The third kappa shape index (κ3) is 6.25. The fraction of sp³-hybridized carbons (Fsp3) is 0.810. The molecule has 0 aromatic rings. The fourth-order valence-corrected chi connectivity index (χ4v) is 4.17. The van der Waals surface area contributed by atoms with E-state index in [9.17, 15) is 0 Å². The van der Waals surface area contributed by atoms with Crippen molar-refractivity contribution in [1.82, 2.24) is 5.32 Å². The average molecular weight is 334 g/mol. The van der Waals surface area contributed by atoms with Crippen LogP contribution < -0.4 is 5.32 Å². The zero-order valence-corrected chi connectivity index (χ0v) is 15.2. The molecule has 0 spiro atoms. The first-order valence-electron chi connectivity index (χ1n) is 10.3. The molecule has 24 heavy (non-hydrogen) atoms. The van der Waals surface area contributed by atoms with Crippen LogP contribution in [0.15, 0.2) is 24.0 Å². The summed E-state index contributed by atoms with van der Waals surface area (Å²) in [7, 11) is 0. The van der Waals surface area contributed by atoms with Crippen molar-refractivity contribution in [3.8, 4) is 0 Å². The summed E-state index contributed by atoms with van der Waals surface area (Å²) in [5.74, 6) is 2.04. The van der Waals surface area contributed by atoms with Crippen LogP contribution in [0.3, 0.4) is 0 Å². The van der Waals surface area contributed by atoms with Gasteiger partial charge in [0.15, 0.2) is 0 Å². The summed E-state index contributed by atoms with van der Waals surface area (Å²) >= 11 is 0. The molecule has 3 heteroatoms. The largest absolute Gasteiger partial charge is 0.494 e. The van der Waals surface area contributed by atoms with Gasteiger partial charge in [-0.2, -0.15) is 0 Å². The number of ether oxygens (including phenoxy) is 2. The van der Waals surface area contributed by atoms with Gasteiger partial charge in [0.25, 0.3) is 0 Å². The van der Waals surface area contributed by atoms with Crippen LogP contribution in [-0.4, -0.2) is 31.9 Å². The number of nitrogens with one attached hydrogen (secondary N) is 1. The van der Waals surface area contributed by atoms with Crippen LogP contribution in [0.25, 0.3) is 0 Å². The average Bonchev–Trinajstić information content (AvgIpc) is 2.65. The number of rotatable bonds is 8. The molecule has 0 radical (unpaired) electrons. The van der Waals surface area contributed by atoms with Gasteiger partial charge in [0.1, 0.15) is 5.76 Å². The molecule has 1 saturated carbocycles. The first-order valence-corrected chi connectivity index (χ1v) is 10.3. The highest BCUT2D eigenvalue weighted by Gasteiger charge is 2.18. The second-order valence-electron chi connectivity index (χ2n) is 7.67. The molecule has 1 atom stereocenters. The second-order valence-corrected chi connectivity index (χ2v) is 7.67. The monoisotopic (exact) mass is 333 g/mol. The highest BCUT2D eigenvalue weighted by atomic mass is 16.5. The Morgan fingerprint density at radius 3 is 2.58 bits per heavy atom. The Labute approximate surface area is 147 Å². The maximum absolute atomic E-state index is 6.16. The quantitative estimate of drug-likeness (QED) is 0.651. The molecule has 3 rings (SSSR count). The Balaban J connectivity index is 1.24. The van der Waals surface area contributed by atoms with Gasteiger partial charge in [0, 0.05) is 0 Å². The van der Waals surface area contributed by atoms with Crippen molar-refractivity contribution in [2.45, 2.75) is 82.8 Å². The molecular formula is C21H35NO2. The topological polar surface area (TPSA) is 30.5 Å². The molecule has 1 aliphatic heterocycles. The minimum atomic E-state index is 0.242. The normalized spacial score (nSPS) is 26.3. The van der Waals surface area contributed by atoms with E-state index in [1.807, 2.05) is 0 Å². The third-order valence-electron chi connectivity index (χ3n) is 5.68. The molecule has 1 N–H and O–H groups in total. The fourth-order valence-electron chi connectivity index (χ4n) is 4.17. The van der Waals surface area contributed by atoms with E-state index in [-0.39, 0.29) is 6.10 Å². The van der Waals surface area contributed by atoms with E-state index >= 15 is 0 Å². The van der Waals surface area contributed by atoms with Crippen molar-refractivity contribution in [1.29, 1.82) is 0 Å². The highest BCUT2D eigenvalue weighted by molar-refractivity contribution is 5.19. The van der Waals surface area contributed by atoms with Crippen LogP contribution in [0, 0.1) is 5.92 Å². The van der Waals surface area contributed by atoms with Crippen molar-refractivity contribution in [2.24, 2.45) is 5.92 Å². The van der Waals surface area contributed by atoms with Crippen molar-refractivity contribution in [2.75, 3.05) is 19.7 Å². The molecular weight excluding hydrogens is 298 g/mol. The van der Waals surface area contributed by atoms with Gasteiger partial charge in [0.05, 0.1) is 18.8 Å². The predicted molar refractivity (Wildman–Crippen MR) is 99.0 cm³/mol. The summed E-state index contributed by atoms with van der Waals surface area (Å²) in [5, 5.41) is 3.38.